The van der Waals surface area contributed by atoms with Crippen LogP contribution in [0, 0.1) is 29.1 Å². The van der Waals surface area contributed by atoms with E-state index in [0.717, 1.165) is 4.74 Å². The van der Waals surface area contributed by atoms with E-state index in [4.69, 9.17) is 0 Å². The number of halogens is 28. The molecular formula is C17F28O. The monoisotopic (exact) mass is 752 g/mol. The average molecular weight is 752 g/mol. The van der Waals surface area contributed by atoms with Crippen LogP contribution in [0.3, 0.4) is 0 Å². The summed E-state index contributed by atoms with van der Waals surface area (Å²) in [5.74, 6) is -93.0. The van der Waals surface area contributed by atoms with Gasteiger partial charge in [0.2, 0.25) is 5.82 Å². The van der Waals surface area contributed by atoms with E-state index < -0.39 is 100 Å². The smallest absolute Gasteiger partial charge is 0.262 e. The first-order valence-corrected chi connectivity index (χ1v) is 9.70. The first-order valence-electron chi connectivity index (χ1n) is 9.70. The molecule has 0 aliphatic carbocycles. The molecule has 0 radical (unpaired) electrons. The van der Waals surface area contributed by atoms with E-state index >= 15 is 0 Å². The van der Waals surface area contributed by atoms with Crippen molar-refractivity contribution in [2.24, 2.45) is 0 Å². The second-order valence-corrected chi connectivity index (χ2v) is 8.18. The molecule has 46 heavy (non-hydrogen) atoms. The van der Waals surface area contributed by atoms with Crippen molar-refractivity contribution in [3.05, 3.63) is 34.6 Å². The molecule has 1 aromatic rings. The minimum absolute atomic E-state index is 0.838. The number of benzene rings is 1. The summed E-state index contributed by atoms with van der Waals surface area (Å²) in [4.78, 5) is 0. The van der Waals surface area contributed by atoms with Crippen molar-refractivity contribution < 1.29 is 128 Å². The van der Waals surface area contributed by atoms with Crippen LogP contribution in [0.1, 0.15) is 5.56 Å². The van der Waals surface area contributed by atoms with E-state index in [-0.39, 0.29) is 0 Å². The molecule has 0 fully saturated rings. The number of rotatable bonds is 10. The molecule has 270 valence electrons. The van der Waals surface area contributed by atoms with Gasteiger partial charge in [0.25, 0.3) is 0 Å². The summed E-state index contributed by atoms with van der Waals surface area (Å²) in [5, 5.41) is 0. The van der Waals surface area contributed by atoms with E-state index in [2.05, 4.69) is 0 Å². The van der Waals surface area contributed by atoms with Crippen LogP contribution in [-0.2, 0) is 10.7 Å². The fourth-order valence-electron chi connectivity index (χ4n) is 2.72. The molecule has 0 bridgehead atoms. The van der Waals surface area contributed by atoms with Crippen LogP contribution < -0.4 is 0 Å². The second-order valence-electron chi connectivity index (χ2n) is 8.18. The van der Waals surface area contributed by atoms with Crippen LogP contribution in [0.25, 0.3) is 0 Å². The molecule has 0 saturated carbocycles. The van der Waals surface area contributed by atoms with Crippen LogP contribution in [0.15, 0.2) is 0 Å². The highest BCUT2D eigenvalue weighted by Gasteiger charge is 2.96. The zero-order chi connectivity index (χ0) is 37.7. The van der Waals surface area contributed by atoms with Crippen molar-refractivity contribution in [1.82, 2.24) is 0 Å². The minimum Gasteiger partial charge on any atom is -0.262 e. The van der Waals surface area contributed by atoms with Crippen LogP contribution in [-0.4, -0.2) is 59.9 Å². The maximum atomic E-state index is 14.0. The molecule has 1 nitrogen and oxygen atoms in total. The number of hydrogen-bond donors (Lipinski definition) is 0. The molecule has 0 atom stereocenters. The maximum absolute atomic E-state index is 14.0. The maximum Gasteiger partial charge on any atom is 0.458 e. The predicted molar refractivity (Wildman–Crippen MR) is 81.8 cm³/mol. The van der Waals surface area contributed by atoms with Crippen molar-refractivity contribution in [2.45, 2.75) is 65.8 Å². The van der Waals surface area contributed by atoms with E-state index in [1.165, 1.54) is 0 Å². The van der Waals surface area contributed by atoms with Gasteiger partial charge < -0.3 is 0 Å². The molecule has 0 saturated heterocycles. The quantitative estimate of drug-likeness (QED) is 0.132. The van der Waals surface area contributed by atoms with E-state index in [0.29, 0.717) is 0 Å². The zero-order valence-corrected chi connectivity index (χ0v) is 19.5. The topological polar surface area (TPSA) is 9.23 Å². The first kappa shape index (κ1) is 41.2. The Kier molecular flexibility index (Phi) is 9.51. The highest BCUT2D eigenvalue weighted by molar-refractivity contribution is 5.31. The third-order valence-corrected chi connectivity index (χ3v) is 5.25. The van der Waals surface area contributed by atoms with E-state index in [9.17, 15) is 123 Å². The van der Waals surface area contributed by atoms with Gasteiger partial charge in [0.05, 0.1) is 0 Å². The fraction of sp³-hybridized carbons (Fsp3) is 0.647. The molecule has 0 aliphatic rings. The number of ether oxygens (including phenoxy) is 1. The Morgan fingerprint density at radius 2 is 0.543 bits per heavy atom. The van der Waals surface area contributed by atoms with Crippen molar-refractivity contribution in [2.75, 3.05) is 0 Å². The summed E-state index contributed by atoms with van der Waals surface area (Å²) in [6, 6.07) is 0. The fourth-order valence-corrected chi connectivity index (χ4v) is 2.72. The summed E-state index contributed by atoms with van der Waals surface area (Å²) in [5.41, 5.74) is -4.64. The van der Waals surface area contributed by atoms with E-state index in [1.807, 2.05) is 0 Å². The average Bonchev–Trinajstić information content (AvgIpc) is 2.83. The van der Waals surface area contributed by atoms with Crippen molar-refractivity contribution >= 4 is 0 Å². The van der Waals surface area contributed by atoms with Gasteiger partial charge in [0.1, 0.15) is 5.56 Å². The summed E-state index contributed by atoms with van der Waals surface area (Å²) in [6.45, 7) is 0. The molecule has 1 aromatic carbocycles. The summed E-state index contributed by atoms with van der Waals surface area (Å²) in [6.07, 6.45) is -25.2. The lowest BCUT2D eigenvalue weighted by Gasteiger charge is -2.44. The van der Waals surface area contributed by atoms with Gasteiger partial charge in [0.15, 0.2) is 23.3 Å². The molecule has 0 heterocycles. The Morgan fingerprint density at radius 3 is 0.826 bits per heavy atom. The molecule has 0 amide bonds. The SMILES string of the molecule is Fc1c(F)c(F)c(C(F)(F)C(F)(F)C(F)(F)C(F)(F)C(F)(F)C(F)(F)C(F)(F)C(F)(F)OC(F)(C(F)(F)F)C(F)(F)F)c(F)c1F. The normalized spacial score (nSPS) is 15.9. The lowest BCUT2D eigenvalue weighted by atomic mass is 9.86. The van der Waals surface area contributed by atoms with Gasteiger partial charge >= 0.3 is 65.8 Å². The van der Waals surface area contributed by atoms with Crippen molar-refractivity contribution in [1.29, 1.82) is 0 Å². The molecule has 0 N–H and O–H groups in total. The van der Waals surface area contributed by atoms with Crippen LogP contribution in [0.4, 0.5) is 123 Å². The molecule has 29 heteroatoms. The van der Waals surface area contributed by atoms with Gasteiger partial charge in [-0.3, -0.25) is 4.74 Å². The number of hydrogen-bond acceptors (Lipinski definition) is 1. The summed E-state index contributed by atoms with van der Waals surface area (Å²) < 4.78 is 374. The Bertz CT molecular complexity index is 1270. The van der Waals surface area contributed by atoms with Gasteiger partial charge in [-0.1, -0.05) is 0 Å². The Balaban J connectivity index is 3.97. The van der Waals surface area contributed by atoms with Gasteiger partial charge in [-0.15, -0.1) is 0 Å². The largest absolute Gasteiger partial charge is 0.458 e. The van der Waals surface area contributed by atoms with Crippen LogP contribution in [0.5, 0.6) is 0 Å². The Morgan fingerprint density at radius 1 is 0.304 bits per heavy atom. The molecule has 0 unspecified atom stereocenters. The van der Waals surface area contributed by atoms with Gasteiger partial charge in [0, 0.05) is 0 Å². The van der Waals surface area contributed by atoms with Crippen LogP contribution >= 0.6 is 0 Å². The third kappa shape index (κ3) is 5.11. The van der Waals surface area contributed by atoms with Crippen LogP contribution in [0.2, 0.25) is 0 Å². The molecule has 1 rings (SSSR count). The zero-order valence-electron chi connectivity index (χ0n) is 19.5. The van der Waals surface area contributed by atoms with Crippen molar-refractivity contribution in [3.63, 3.8) is 0 Å². The predicted octanol–water partition coefficient (Wildman–Crippen LogP) is 9.69. The second kappa shape index (κ2) is 10.6. The van der Waals surface area contributed by atoms with Crippen molar-refractivity contribution in [3.8, 4) is 0 Å². The highest BCUT2D eigenvalue weighted by atomic mass is 19.4. The molecule has 0 aliphatic heterocycles. The minimum atomic E-state index is -9.62. The van der Waals surface area contributed by atoms with E-state index in [1.54, 1.807) is 0 Å². The Hall–Kier alpha value is -2.78. The lowest BCUT2D eigenvalue weighted by molar-refractivity contribution is -0.528. The summed E-state index contributed by atoms with van der Waals surface area (Å²) >= 11 is 0. The molecule has 0 aromatic heterocycles. The standard InChI is InChI=1S/C17F28O/c18-2-1(3(19)5(21)6(22)4(2)20)7(23,24)8(25,26)9(27,28)10(29,30)11(31,32)12(33,34)13(35,36)17(44,45)46-14(37,15(38,39)40)16(41,42)43. The van der Waals surface area contributed by atoms with Gasteiger partial charge in [-0.25, -0.2) is 22.0 Å². The third-order valence-electron chi connectivity index (χ3n) is 5.25. The van der Waals surface area contributed by atoms with Gasteiger partial charge in [-0.05, 0) is 0 Å². The molecular weight excluding hydrogens is 752 g/mol. The molecule has 0 spiro atoms. The first-order chi connectivity index (χ1) is 19.6. The number of alkyl halides is 23. The Labute approximate surface area is 229 Å². The highest BCUT2D eigenvalue weighted by Crippen LogP contribution is 2.66. The van der Waals surface area contributed by atoms with Gasteiger partial charge in [-0.2, -0.15) is 101 Å². The summed E-state index contributed by atoms with van der Waals surface area (Å²) in [7, 11) is 0. The lowest BCUT2D eigenvalue weighted by Crippen LogP contribution is -2.75.